The van der Waals surface area contributed by atoms with Gasteiger partial charge in [0.15, 0.2) is 0 Å². The van der Waals surface area contributed by atoms with Gasteiger partial charge in [0.25, 0.3) is 0 Å². The third-order valence-electron chi connectivity index (χ3n) is 1.43. The molecule has 4 heteroatoms. The lowest BCUT2D eigenvalue weighted by Gasteiger charge is -2.05. The molecule has 0 saturated heterocycles. The smallest absolute Gasteiger partial charge is 0.375 e. The summed E-state index contributed by atoms with van der Waals surface area (Å²) in [7, 11) is 0. The third kappa shape index (κ3) is 6.44. The fourth-order valence-corrected chi connectivity index (χ4v) is 0.601. The number of allylic oxidation sites excluding steroid dienone is 3. The maximum Gasteiger partial charge on any atom is 0.415 e. The quantitative estimate of drug-likeness (QED) is 0.561. The molecule has 0 aliphatic carbocycles. The lowest BCUT2D eigenvalue weighted by molar-refractivity contribution is -0.0878. The topological polar surface area (TPSA) is 12.0 Å². The van der Waals surface area contributed by atoms with Crippen molar-refractivity contribution >= 4 is 0 Å². The van der Waals surface area contributed by atoms with E-state index in [-0.39, 0.29) is 0 Å². The molecule has 1 nitrogen and oxygen atoms in total. The van der Waals surface area contributed by atoms with E-state index in [2.05, 4.69) is 30.3 Å². The van der Waals surface area contributed by atoms with Gasteiger partial charge in [-0.05, 0) is 19.1 Å². The molecule has 0 heterocycles. The van der Waals surface area contributed by atoms with Crippen LogP contribution >= 0.6 is 0 Å². The van der Waals surface area contributed by atoms with Crippen LogP contribution in [0.1, 0.15) is 6.92 Å². The first kappa shape index (κ1) is 13.4. The standard InChI is InChI=1S/C11H12F3N/c1-4-5-8-15-10(3)7-6-9(2)11(12,13)14/h6-7,15H,2-3,8H2,1H3/b7-6-. The van der Waals surface area contributed by atoms with Gasteiger partial charge < -0.3 is 5.32 Å². The summed E-state index contributed by atoms with van der Waals surface area (Å²) >= 11 is 0. The van der Waals surface area contributed by atoms with Gasteiger partial charge in [0.1, 0.15) is 0 Å². The summed E-state index contributed by atoms with van der Waals surface area (Å²) in [5.74, 6) is 5.33. The molecule has 0 aromatic carbocycles. The van der Waals surface area contributed by atoms with Gasteiger partial charge >= 0.3 is 6.18 Å². The average Bonchev–Trinajstić information content (AvgIpc) is 2.13. The molecule has 0 fully saturated rings. The number of halogens is 3. The van der Waals surface area contributed by atoms with Gasteiger partial charge in [-0.25, -0.2) is 0 Å². The summed E-state index contributed by atoms with van der Waals surface area (Å²) < 4.78 is 35.9. The lowest BCUT2D eigenvalue weighted by Crippen LogP contribution is -2.12. The first-order valence-corrected chi connectivity index (χ1v) is 4.14. The SMILES string of the molecule is C=C(/C=C\C(=C)C(F)(F)F)NCC#CC. The Bertz CT molecular complexity index is 326. The first-order valence-electron chi connectivity index (χ1n) is 4.14. The molecule has 0 atom stereocenters. The maximum atomic E-state index is 12.0. The summed E-state index contributed by atoms with van der Waals surface area (Å²) in [4.78, 5) is 0. The van der Waals surface area contributed by atoms with Gasteiger partial charge in [0.2, 0.25) is 0 Å². The Balaban J connectivity index is 4.11. The lowest BCUT2D eigenvalue weighted by atomic mass is 10.2. The van der Waals surface area contributed by atoms with E-state index in [1.54, 1.807) is 6.92 Å². The van der Waals surface area contributed by atoms with Crippen LogP contribution in [0.25, 0.3) is 0 Å². The largest absolute Gasteiger partial charge is 0.415 e. The van der Waals surface area contributed by atoms with E-state index in [0.717, 1.165) is 6.08 Å². The zero-order valence-corrected chi connectivity index (χ0v) is 8.41. The molecular formula is C11H12F3N. The molecule has 0 aromatic heterocycles. The molecule has 82 valence electrons. The van der Waals surface area contributed by atoms with Gasteiger partial charge in [0.05, 0.1) is 6.54 Å². The second-order valence-electron chi connectivity index (χ2n) is 2.66. The Kier molecular flexibility index (Phi) is 5.32. The molecule has 0 bridgehead atoms. The summed E-state index contributed by atoms with van der Waals surface area (Å²) in [5, 5.41) is 2.73. The first-order chi connectivity index (χ1) is 6.88. The van der Waals surface area contributed by atoms with Crippen molar-refractivity contribution in [3.05, 3.63) is 36.6 Å². The predicted molar refractivity (Wildman–Crippen MR) is 54.9 cm³/mol. The molecule has 0 spiro atoms. The van der Waals surface area contributed by atoms with Crippen LogP contribution in [0.4, 0.5) is 13.2 Å². The molecule has 1 N–H and O–H groups in total. The summed E-state index contributed by atoms with van der Waals surface area (Å²) in [5.41, 5.74) is -0.546. The molecule has 0 rings (SSSR count). The fourth-order valence-electron chi connectivity index (χ4n) is 0.601. The molecule has 0 aromatic rings. The molecule has 15 heavy (non-hydrogen) atoms. The van der Waals surface area contributed by atoms with Crippen molar-refractivity contribution in [3.8, 4) is 11.8 Å². The van der Waals surface area contributed by atoms with Crippen molar-refractivity contribution in [2.45, 2.75) is 13.1 Å². The zero-order chi connectivity index (χ0) is 11.9. The number of hydrogen-bond donors (Lipinski definition) is 1. The molecule has 0 saturated carbocycles. The number of nitrogens with one attached hydrogen (secondary N) is 1. The van der Waals surface area contributed by atoms with Crippen LogP contribution in [0.15, 0.2) is 36.6 Å². The van der Waals surface area contributed by atoms with Crippen LogP contribution in [0.5, 0.6) is 0 Å². The van der Waals surface area contributed by atoms with Crippen LogP contribution in [-0.4, -0.2) is 12.7 Å². The Hall–Kier alpha value is -1.63. The van der Waals surface area contributed by atoms with Gasteiger partial charge in [0, 0.05) is 11.3 Å². The van der Waals surface area contributed by atoms with Crippen LogP contribution in [0, 0.1) is 11.8 Å². The van der Waals surface area contributed by atoms with Gasteiger partial charge in [-0.1, -0.05) is 19.1 Å². The zero-order valence-electron chi connectivity index (χ0n) is 8.41. The summed E-state index contributed by atoms with van der Waals surface area (Å²) in [6.45, 7) is 8.42. The maximum absolute atomic E-state index is 12.0. The second-order valence-corrected chi connectivity index (χ2v) is 2.66. The predicted octanol–water partition coefficient (Wildman–Crippen LogP) is 2.79. The number of hydrogen-bond acceptors (Lipinski definition) is 1. The normalized spacial score (nSPS) is 10.7. The minimum Gasteiger partial charge on any atom is -0.375 e. The van der Waals surface area contributed by atoms with Crippen molar-refractivity contribution < 1.29 is 13.2 Å². The highest BCUT2D eigenvalue weighted by Gasteiger charge is 2.29. The Labute approximate surface area is 87.4 Å². The highest BCUT2D eigenvalue weighted by molar-refractivity contribution is 5.26. The second kappa shape index (κ2) is 5.97. The van der Waals surface area contributed by atoms with Crippen LogP contribution in [0.2, 0.25) is 0 Å². The Morgan fingerprint density at radius 1 is 1.33 bits per heavy atom. The van der Waals surface area contributed by atoms with Crippen LogP contribution < -0.4 is 5.32 Å². The molecule has 0 aliphatic heterocycles. The van der Waals surface area contributed by atoms with E-state index in [0.29, 0.717) is 12.2 Å². The average molecular weight is 215 g/mol. The summed E-state index contributed by atoms with van der Waals surface area (Å²) in [6, 6.07) is 0. The number of rotatable bonds is 4. The third-order valence-corrected chi connectivity index (χ3v) is 1.43. The van der Waals surface area contributed by atoms with E-state index < -0.39 is 11.7 Å². The van der Waals surface area contributed by atoms with Crippen LogP contribution in [-0.2, 0) is 0 Å². The molecule has 0 amide bonds. The van der Waals surface area contributed by atoms with Gasteiger partial charge in [-0.2, -0.15) is 13.2 Å². The van der Waals surface area contributed by atoms with Gasteiger partial charge in [-0.15, -0.1) is 5.92 Å². The molecular weight excluding hydrogens is 203 g/mol. The van der Waals surface area contributed by atoms with Crippen molar-refractivity contribution in [1.29, 1.82) is 0 Å². The van der Waals surface area contributed by atoms with E-state index in [1.807, 2.05) is 0 Å². The van der Waals surface area contributed by atoms with E-state index in [9.17, 15) is 13.2 Å². The van der Waals surface area contributed by atoms with Crippen molar-refractivity contribution in [1.82, 2.24) is 5.32 Å². The minimum atomic E-state index is -4.39. The fraction of sp³-hybridized carbons (Fsp3) is 0.273. The molecule has 0 aliphatic rings. The van der Waals surface area contributed by atoms with Crippen molar-refractivity contribution in [3.63, 3.8) is 0 Å². The Morgan fingerprint density at radius 2 is 1.93 bits per heavy atom. The molecule has 0 unspecified atom stereocenters. The van der Waals surface area contributed by atoms with Crippen molar-refractivity contribution in [2.75, 3.05) is 6.54 Å². The van der Waals surface area contributed by atoms with Gasteiger partial charge in [-0.3, -0.25) is 0 Å². The molecule has 0 radical (unpaired) electrons. The monoisotopic (exact) mass is 215 g/mol. The highest BCUT2D eigenvalue weighted by Crippen LogP contribution is 2.24. The van der Waals surface area contributed by atoms with E-state index in [4.69, 9.17) is 0 Å². The highest BCUT2D eigenvalue weighted by atomic mass is 19.4. The van der Waals surface area contributed by atoms with Crippen molar-refractivity contribution in [2.24, 2.45) is 0 Å². The van der Waals surface area contributed by atoms with Crippen LogP contribution in [0.3, 0.4) is 0 Å². The van der Waals surface area contributed by atoms with E-state index >= 15 is 0 Å². The number of alkyl halides is 3. The Morgan fingerprint density at radius 3 is 2.40 bits per heavy atom. The summed E-state index contributed by atoms with van der Waals surface area (Å²) in [6.07, 6.45) is -2.30. The van der Waals surface area contributed by atoms with E-state index in [1.165, 1.54) is 6.08 Å². The minimum absolute atomic E-state index is 0.359.